The minimum absolute atomic E-state index is 0.140. The molecule has 0 bridgehead atoms. The van der Waals surface area contributed by atoms with Crippen LogP contribution in [0.25, 0.3) is 0 Å². The number of nitrogens with zero attached hydrogens (tertiary/aromatic N) is 4. The number of amides is 2. The molecule has 0 unspecified atom stereocenters. The van der Waals surface area contributed by atoms with Crippen molar-refractivity contribution in [2.75, 3.05) is 32.8 Å². The highest BCUT2D eigenvalue weighted by Crippen LogP contribution is 2.34. The monoisotopic (exact) mass is 376 g/mol. The predicted molar refractivity (Wildman–Crippen MR) is 86.8 cm³/mol. The Bertz CT molecular complexity index is 677. The Balaban J connectivity index is 2.24. The van der Waals surface area contributed by atoms with Gasteiger partial charge in [0.05, 0.1) is 12.2 Å². The van der Waals surface area contributed by atoms with Crippen molar-refractivity contribution in [3.05, 3.63) is 17.0 Å². The number of hydrogen-bond donors (Lipinski definition) is 0. The van der Waals surface area contributed by atoms with Crippen LogP contribution in [0.4, 0.5) is 18.0 Å². The number of rotatable bonds is 3. The first-order valence-corrected chi connectivity index (χ1v) is 8.45. The Morgan fingerprint density at radius 2 is 1.69 bits per heavy atom. The standard InChI is InChI=1S/C16H23F3N4O3/c1-5-26-15(25)22-8-6-21(7-9-22)14(24)12-11(4)23(10(2)3)20-13(12)16(17,18)19/h10H,5-9H2,1-4H3. The third-order valence-corrected chi connectivity index (χ3v) is 4.21. The van der Waals surface area contributed by atoms with Gasteiger partial charge in [-0.1, -0.05) is 0 Å². The van der Waals surface area contributed by atoms with Crippen molar-refractivity contribution in [1.29, 1.82) is 0 Å². The van der Waals surface area contributed by atoms with Gasteiger partial charge in [-0.15, -0.1) is 0 Å². The number of hydrogen-bond acceptors (Lipinski definition) is 4. The summed E-state index contributed by atoms with van der Waals surface area (Å²) in [4.78, 5) is 27.2. The average molecular weight is 376 g/mol. The largest absolute Gasteiger partial charge is 0.450 e. The third kappa shape index (κ3) is 3.94. The van der Waals surface area contributed by atoms with Crippen molar-refractivity contribution in [3.63, 3.8) is 0 Å². The number of ether oxygens (including phenoxy) is 1. The van der Waals surface area contributed by atoms with E-state index in [9.17, 15) is 22.8 Å². The predicted octanol–water partition coefficient (Wildman–Crippen LogP) is 2.71. The highest BCUT2D eigenvalue weighted by Gasteiger charge is 2.42. The van der Waals surface area contributed by atoms with Crippen LogP contribution in [0.3, 0.4) is 0 Å². The molecule has 1 fully saturated rings. The summed E-state index contributed by atoms with van der Waals surface area (Å²) in [7, 11) is 0. The second-order valence-electron chi connectivity index (χ2n) is 6.32. The molecule has 1 aliphatic rings. The first kappa shape index (κ1) is 20.1. The van der Waals surface area contributed by atoms with E-state index in [1.807, 2.05) is 0 Å². The summed E-state index contributed by atoms with van der Waals surface area (Å²) in [6, 6.07) is -0.307. The normalized spacial score (nSPS) is 15.5. The van der Waals surface area contributed by atoms with E-state index in [0.717, 1.165) is 0 Å². The van der Waals surface area contributed by atoms with Crippen LogP contribution in [-0.4, -0.2) is 64.4 Å². The molecule has 0 N–H and O–H groups in total. The number of aromatic nitrogens is 2. The lowest BCUT2D eigenvalue weighted by atomic mass is 10.1. The van der Waals surface area contributed by atoms with Crippen LogP contribution in [0.15, 0.2) is 0 Å². The minimum atomic E-state index is -4.72. The van der Waals surface area contributed by atoms with Gasteiger partial charge in [-0.2, -0.15) is 18.3 Å². The number of alkyl halides is 3. The summed E-state index contributed by atoms with van der Waals surface area (Å²) in [5.74, 6) is -0.717. The molecule has 0 aromatic carbocycles. The van der Waals surface area contributed by atoms with Crippen molar-refractivity contribution in [2.24, 2.45) is 0 Å². The van der Waals surface area contributed by atoms with Crippen molar-refractivity contribution in [3.8, 4) is 0 Å². The Hall–Kier alpha value is -2.26. The molecule has 1 aromatic rings. The smallest absolute Gasteiger partial charge is 0.435 e. The molecular weight excluding hydrogens is 353 g/mol. The van der Waals surface area contributed by atoms with Gasteiger partial charge in [0.25, 0.3) is 5.91 Å². The van der Waals surface area contributed by atoms with E-state index in [-0.39, 0.29) is 44.5 Å². The summed E-state index contributed by atoms with van der Waals surface area (Å²) < 4.78 is 46.2. The van der Waals surface area contributed by atoms with E-state index in [4.69, 9.17) is 4.74 Å². The molecule has 10 heteroatoms. The molecular formula is C16H23F3N4O3. The third-order valence-electron chi connectivity index (χ3n) is 4.21. The van der Waals surface area contributed by atoms with Gasteiger partial charge in [0.2, 0.25) is 0 Å². The first-order valence-electron chi connectivity index (χ1n) is 8.45. The summed E-state index contributed by atoms with van der Waals surface area (Å²) in [5.41, 5.74) is -1.40. The second-order valence-corrected chi connectivity index (χ2v) is 6.32. The Morgan fingerprint density at radius 1 is 1.15 bits per heavy atom. The van der Waals surface area contributed by atoms with Crippen LogP contribution in [0.5, 0.6) is 0 Å². The number of piperazine rings is 1. The lowest BCUT2D eigenvalue weighted by molar-refractivity contribution is -0.142. The van der Waals surface area contributed by atoms with Crippen molar-refractivity contribution < 1.29 is 27.5 Å². The summed E-state index contributed by atoms with van der Waals surface area (Å²) in [6.07, 6.45) is -5.21. The molecule has 1 aliphatic heterocycles. The summed E-state index contributed by atoms with van der Waals surface area (Å²) >= 11 is 0. The van der Waals surface area contributed by atoms with Crippen LogP contribution in [0.2, 0.25) is 0 Å². The van der Waals surface area contributed by atoms with Crippen molar-refractivity contribution in [2.45, 2.75) is 39.9 Å². The number of carbonyl (C=O) groups excluding carboxylic acids is 2. The van der Waals surface area contributed by atoms with E-state index in [0.29, 0.717) is 0 Å². The van der Waals surface area contributed by atoms with E-state index in [1.165, 1.54) is 21.4 Å². The van der Waals surface area contributed by atoms with E-state index >= 15 is 0 Å². The lowest BCUT2D eigenvalue weighted by Gasteiger charge is -2.34. The fraction of sp³-hybridized carbons (Fsp3) is 0.688. The highest BCUT2D eigenvalue weighted by atomic mass is 19.4. The van der Waals surface area contributed by atoms with E-state index < -0.39 is 29.4 Å². The molecule has 2 rings (SSSR count). The van der Waals surface area contributed by atoms with Gasteiger partial charge in [-0.05, 0) is 27.7 Å². The van der Waals surface area contributed by atoms with Gasteiger partial charge in [0, 0.05) is 37.9 Å². The Morgan fingerprint density at radius 3 is 2.15 bits per heavy atom. The Labute approximate surface area is 149 Å². The average Bonchev–Trinajstić information content (AvgIpc) is 2.92. The highest BCUT2D eigenvalue weighted by molar-refractivity contribution is 5.96. The molecule has 0 aliphatic carbocycles. The zero-order valence-electron chi connectivity index (χ0n) is 15.3. The molecule has 0 saturated carbocycles. The van der Waals surface area contributed by atoms with Crippen LogP contribution < -0.4 is 0 Å². The molecule has 2 heterocycles. The zero-order chi connectivity index (χ0) is 19.6. The first-order chi connectivity index (χ1) is 12.1. The van der Waals surface area contributed by atoms with Crippen LogP contribution in [-0.2, 0) is 10.9 Å². The molecule has 7 nitrogen and oxygen atoms in total. The summed E-state index contributed by atoms with van der Waals surface area (Å²) in [6.45, 7) is 7.49. The topological polar surface area (TPSA) is 67.7 Å². The molecule has 2 amide bonds. The maximum Gasteiger partial charge on any atom is 0.435 e. The maximum absolute atomic E-state index is 13.4. The lowest BCUT2D eigenvalue weighted by Crippen LogP contribution is -2.51. The van der Waals surface area contributed by atoms with Gasteiger partial charge in [-0.25, -0.2) is 4.79 Å². The van der Waals surface area contributed by atoms with Crippen LogP contribution in [0.1, 0.15) is 48.6 Å². The minimum Gasteiger partial charge on any atom is -0.450 e. The number of carbonyl (C=O) groups is 2. The zero-order valence-corrected chi connectivity index (χ0v) is 15.3. The summed E-state index contributed by atoms with van der Waals surface area (Å²) in [5, 5.41) is 3.62. The van der Waals surface area contributed by atoms with Crippen LogP contribution in [0, 0.1) is 6.92 Å². The van der Waals surface area contributed by atoms with Gasteiger partial charge < -0.3 is 14.5 Å². The fourth-order valence-corrected chi connectivity index (χ4v) is 2.94. The van der Waals surface area contributed by atoms with E-state index in [2.05, 4.69) is 5.10 Å². The molecule has 1 aromatic heterocycles. The molecule has 0 radical (unpaired) electrons. The van der Waals surface area contributed by atoms with Crippen molar-refractivity contribution in [1.82, 2.24) is 19.6 Å². The Kier molecular flexibility index (Phi) is 5.82. The van der Waals surface area contributed by atoms with Crippen molar-refractivity contribution >= 4 is 12.0 Å². The molecule has 146 valence electrons. The fourth-order valence-electron chi connectivity index (χ4n) is 2.94. The maximum atomic E-state index is 13.4. The molecule has 0 atom stereocenters. The number of halogens is 3. The molecule has 0 spiro atoms. The van der Waals surface area contributed by atoms with E-state index in [1.54, 1.807) is 20.8 Å². The quantitative estimate of drug-likeness (QED) is 0.814. The van der Waals surface area contributed by atoms with Gasteiger partial charge in [-0.3, -0.25) is 9.48 Å². The van der Waals surface area contributed by atoms with Gasteiger partial charge >= 0.3 is 12.3 Å². The second kappa shape index (κ2) is 7.55. The molecule has 26 heavy (non-hydrogen) atoms. The van der Waals surface area contributed by atoms with Gasteiger partial charge in [0.1, 0.15) is 0 Å². The van der Waals surface area contributed by atoms with Gasteiger partial charge in [0.15, 0.2) is 5.69 Å². The van der Waals surface area contributed by atoms with Crippen LogP contribution >= 0.6 is 0 Å². The SMILES string of the molecule is CCOC(=O)N1CCN(C(=O)c2c(C(F)(F)F)nn(C(C)C)c2C)CC1. The molecule has 1 saturated heterocycles.